The Morgan fingerprint density at radius 3 is 1.93 bits per heavy atom. The molecule has 5 heteroatoms. The van der Waals surface area contributed by atoms with Gasteiger partial charge in [0.25, 0.3) is 0 Å². The van der Waals surface area contributed by atoms with Gasteiger partial charge in [-0.3, -0.25) is 4.79 Å². The van der Waals surface area contributed by atoms with Crippen LogP contribution in [-0.4, -0.2) is 35.5 Å². The summed E-state index contributed by atoms with van der Waals surface area (Å²) < 4.78 is 0. The Morgan fingerprint density at radius 1 is 1.00 bits per heavy atom. The van der Waals surface area contributed by atoms with E-state index in [-0.39, 0.29) is 29.9 Å². The minimum Gasteiger partial charge on any atom is -0.369 e. The average Bonchev–Trinajstić information content (AvgIpc) is 3.04. The molecule has 0 saturated heterocycles. The molecule has 1 aliphatic rings. The molecule has 0 spiro atoms. The molecule has 3 rings (SSSR count). The van der Waals surface area contributed by atoms with Crippen molar-refractivity contribution in [2.75, 3.05) is 13.6 Å². The molecule has 2 N–H and O–H groups in total. The first-order valence-corrected chi connectivity index (χ1v) is 9.54. The third-order valence-electron chi connectivity index (χ3n) is 5.55. The molecule has 0 aliphatic carbocycles. The van der Waals surface area contributed by atoms with Crippen molar-refractivity contribution in [1.82, 2.24) is 9.80 Å². The monoisotopic (exact) mass is 491 g/mol. The van der Waals surface area contributed by atoms with Gasteiger partial charge in [-0.2, -0.15) is 0 Å². The van der Waals surface area contributed by atoms with E-state index in [4.69, 9.17) is 5.73 Å². The quantitative estimate of drug-likeness (QED) is 0.592. The Kier molecular flexibility index (Phi) is 7.52. The molecule has 1 amide bonds. The second-order valence-corrected chi connectivity index (χ2v) is 7.61. The lowest BCUT2D eigenvalue weighted by Crippen LogP contribution is -2.47. The molecule has 0 saturated carbocycles. The van der Waals surface area contributed by atoms with Gasteiger partial charge in [0.15, 0.2) is 0 Å². The first kappa shape index (κ1) is 22.3. The molecule has 1 aliphatic heterocycles. The highest BCUT2D eigenvalue weighted by Crippen LogP contribution is 2.36. The highest BCUT2D eigenvalue weighted by atomic mass is 127. The smallest absolute Gasteiger partial charge is 0.232 e. The summed E-state index contributed by atoms with van der Waals surface area (Å²) in [7, 11) is 2.09. The van der Waals surface area contributed by atoms with E-state index in [9.17, 15) is 4.79 Å². The lowest BCUT2D eigenvalue weighted by molar-refractivity contribution is -0.122. The molecular weight excluding hydrogens is 461 g/mol. The van der Waals surface area contributed by atoms with E-state index in [0.29, 0.717) is 18.5 Å². The fourth-order valence-electron chi connectivity index (χ4n) is 4.27. The second-order valence-electron chi connectivity index (χ2n) is 7.61. The largest absolute Gasteiger partial charge is 0.369 e. The zero-order valence-corrected chi connectivity index (χ0v) is 19.1. The lowest BCUT2D eigenvalue weighted by Gasteiger charge is -2.37. The Hall–Kier alpha value is -2.02. The Labute approximate surface area is 185 Å². The summed E-state index contributed by atoms with van der Waals surface area (Å²) in [5.74, 6) is 0.166. The number of carbonyl (C=O) groups excluding carboxylic acids is 1. The van der Waals surface area contributed by atoms with E-state index in [0.717, 1.165) is 17.7 Å². The van der Waals surface area contributed by atoms with Crippen LogP contribution in [0.1, 0.15) is 31.4 Å². The van der Waals surface area contributed by atoms with Crippen molar-refractivity contribution in [1.29, 1.82) is 0 Å². The van der Waals surface area contributed by atoms with Crippen LogP contribution < -0.4 is 5.73 Å². The first-order chi connectivity index (χ1) is 13.0. The number of hydrogen-bond donors (Lipinski definition) is 1. The van der Waals surface area contributed by atoms with E-state index < -0.39 is 5.41 Å². The zero-order valence-electron chi connectivity index (χ0n) is 16.8. The molecule has 0 fully saturated rings. The van der Waals surface area contributed by atoms with Crippen LogP contribution in [0, 0.1) is 5.92 Å². The van der Waals surface area contributed by atoms with Crippen molar-refractivity contribution in [2.45, 2.75) is 31.8 Å². The molecule has 0 radical (unpaired) electrons. The van der Waals surface area contributed by atoms with Gasteiger partial charge in [0.2, 0.25) is 5.91 Å². The van der Waals surface area contributed by atoms with Gasteiger partial charge in [-0.05, 0) is 23.5 Å². The van der Waals surface area contributed by atoms with E-state index in [1.807, 2.05) is 60.7 Å². The van der Waals surface area contributed by atoms with Crippen LogP contribution in [-0.2, 0) is 10.2 Å². The molecule has 1 unspecified atom stereocenters. The molecule has 2 aromatic rings. The number of hydrogen-bond acceptors (Lipinski definition) is 3. The summed E-state index contributed by atoms with van der Waals surface area (Å²) in [5.41, 5.74) is 7.10. The van der Waals surface area contributed by atoms with Crippen molar-refractivity contribution in [3.63, 3.8) is 0 Å². The Morgan fingerprint density at radius 2 is 1.50 bits per heavy atom. The van der Waals surface area contributed by atoms with Gasteiger partial charge in [0, 0.05) is 26.0 Å². The van der Waals surface area contributed by atoms with Gasteiger partial charge in [0.1, 0.15) is 11.6 Å². The predicted molar refractivity (Wildman–Crippen MR) is 125 cm³/mol. The number of primary amides is 1. The Balaban J connectivity index is 0.00000280. The molecule has 2 aromatic carbocycles. The summed E-state index contributed by atoms with van der Waals surface area (Å²) in [6, 6.07) is 19.8. The fourth-order valence-corrected chi connectivity index (χ4v) is 4.27. The topological polar surface area (TPSA) is 49.6 Å². The number of carbonyl (C=O) groups is 1. The zero-order chi connectivity index (χ0) is 19.4. The molecule has 0 bridgehead atoms. The highest BCUT2D eigenvalue weighted by Gasteiger charge is 2.41. The molecular formula is C23H30IN3O. The third-order valence-corrected chi connectivity index (χ3v) is 5.55. The minimum absolute atomic E-state index is 0. The summed E-state index contributed by atoms with van der Waals surface area (Å²) in [6.45, 7) is 5.18. The van der Waals surface area contributed by atoms with Crippen LogP contribution in [0.5, 0.6) is 0 Å². The molecule has 150 valence electrons. The standard InChI is InChI=1S/C23H29N3O.HI/c1-18(2)21-25(3)16-17-26(21)15-14-23(22(24)27,19-10-6-4-7-11-19)20-12-8-5-9-13-20;/h4-13,16-18,21H,14-15H2,1-3H3,(H2,24,27);1H. The number of amides is 1. The molecule has 28 heavy (non-hydrogen) atoms. The van der Waals surface area contributed by atoms with Crippen molar-refractivity contribution in [3.8, 4) is 0 Å². The van der Waals surface area contributed by atoms with Crippen molar-refractivity contribution in [2.24, 2.45) is 11.7 Å². The van der Waals surface area contributed by atoms with Gasteiger partial charge in [-0.25, -0.2) is 0 Å². The molecule has 1 heterocycles. The predicted octanol–water partition coefficient (Wildman–Crippen LogP) is 4.17. The lowest BCUT2D eigenvalue weighted by atomic mass is 9.71. The number of nitrogens with two attached hydrogens (primary N) is 1. The molecule has 1 atom stereocenters. The van der Waals surface area contributed by atoms with Crippen molar-refractivity contribution in [3.05, 3.63) is 84.2 Å². The maximum atomic E-state index is 12.9. The van der Waals surface area contributed by atoms with Crippen LogP contribution in [0.2, 0.25) is 0 Å². The third kappa shape index (κ3) is 4.19. The van der Waals surface area contributed by atoms with Gasteiger partial charge in [-0.15, -0.1) is 24.0 Å². The van der Waals surface area contributed by atoms with Gasteiger partial charge in [0.05, 0.1) is 0 Å². The number of halogens is 1. The maximum Gasteiger partial charge on any atom is 0.232 e. The van der Waals surface area contributed by atoms with Crippen LogP contribution in [0.25, 0.3) is 0 Å². The summed E-state index contributed by atoms with van der Waals surface area (Å²) in [5, 5.41) is 0. The van der Waals surface area contributed by atoms with Crippen LogP contribution in [0.3, 0.4) is 0 Å². The number of benzene rings is 2. The normalized spacial score (nSPS) is 16.4. The van der Waals surface area contributed by atoms with Crippen LogP contribution in [0.15, 0.2) is 73.1 Å². The fraction of sp³-hybridized carbons (Fsp3) is 0.348. The number of rotatable bonds is 7. The minimum atomic E-state index is -0.848. The molecule has 0 aromatic heterocycles. The SMILES string of the molecule is CC(C)C1N(C)C=CN1CCC(C(N)=O)(c1ccccc1)c1ccccc1.I. The second kappa shape index (κ2) is 9.45. The first-order valence-electron chi connectivity index (χ1n) is 9.54. The van der Waals surface area contributed by atoms with Gasteiger partial charge in [-0.1, -0.05) is 74.5 Å². The van der Waals surface area contributed by atoms with Crippen molar-refractivity contribution >= 4 is 29.9 Å². The number of nitrogens with zero attached hydrogens (tertiary/aromatic N) is 2. The average molecular weight is 491 g/mol. The van der Waals surface area contributed by atoms with E-state index in [1.54, 1.807) is 0 Å². The van der Waals surface area contributed by atoms with Gasteiger partial charge < -0.3 is 15.5 Å². The maximum absolute atomic E-state index is 12.9. The summed E-state index contributed by atoms with van der Waals surface area (Å²) in [6.07, 6.45) is 5.13. The van der Waals surface area contributed by atoms with Crippen molar-refractivity contribution < 1.29 is 4.79 Å². The molecule has 4 nitrogen and oxygen atoms in total. The summed E-state index contributed by atoms with van der Waals surface area (Å²) in [4.78, 5) is 17.4. The Bertz CT molecular complexity index is 753. The van der Waals surface area contributed by atoms with Crippen LogP contribution >= 0.6 is 24.0 Å². The van der Waals surface area contributed by atoms with E-state index in [1.165, 1.54) is 0 Å². The van der Waals surface area contributed by atoms with E-state index >= 15 is 0 Å². The summed E-state index contributed by atoms with van der Waals surface area (Å²) >= 11 is 0. The van der Waals surface area contributed by atoms with Crippen LogP contribution in [0.4, 0.5) is 0 Å². The van der Waals surface area contributed by atoms with Gasteiger partial charge >= 0.3 is 0 Å². The van der Waals surface area contributed by atoms with E-state index in [2.05, 4.69) is 43.1 Å². The highest BCUT2D eigenvalue weighted by molar-refractivity contribution is 14.0.